The van der Waals surface area contributed by atoms with Crippen molar-refractivity contribution in [2.24, 2.45) is 0 Å². The van der Waals surface area contributed by atoms with E-state index in [1.807, 2.05) is 0 Å². The molecule has 1 aromatic rings. The minimum atomic E-state index is -0.827. The largest absolute Gasteiger partial charge is 0.394 e. The molecular formula is C10H13ClFNO2. The van der Waals surface area contributed by atoms with E-state index >= 15 is 0 Å². The first-order chi connectivity index (χ1) is 7.13. The van der Waals surface area contributed by atoms with Gasteiger partial charge in [-0.05, 0) is 18.2 Å². The van der Waals surface area contributed by atoms with Crippen LogP contribution in [0.15, 0.2) is 18.2 Å². The molecule has 0 aromatic heterocycles. The summed E-state index contributed by atoms with van der Waals surface area (Å²) in [5, 5.41) is 20.9. The maximum absolute atomic E-state index is 13.2. The van der Waals surface area contributed by atoms with Gasteiger partial charge in [-0.2, -0.15) is 0 Å². The summed E-state index contributed by atoms with van der Waals surface area (Å²) in [6, 6.07) is 4.29. The molecule has 0 spiro atoms. The van der Waals surface area contributed by atoms with Crippen LogP contribution in [0.5, 0.6) is 0 Å². The second-order valence-electron chi connectivity index (χ2n) is 3.20. The van der Waals surface area contributed by atoms with Gasteiger partial charge in [-0.3, -0.25) is 0 Å². The Balaban J connectivity index is 2.46. The Labute approximate surface area is 92.5 Å². The number of nitrogens with one attached hydrogen (secondary N) is 1. The van der Waals surface area contributed by atoms with Crippen LogP contribution in [0.1, 0.15) is 5.56 Å². The molecule has 0 aliphatic heterocycles. The van der Waals surface area contributed by atoms with E-state index in [9.17, 15) is 4.39 Å². The summed E-state index contributed by atoms with van der Waals surface area (Å²) in [5.41, 5.74) is 0.438. The molecule has 0 saturated heterocycles. The standard InChI is InChI=1S/C10H13ClFNO2/c11-8-1-2-10(12)7(3-8)4-13-5-9(15)6-14/h1-3,9,13-15H,4-6H2/t9-/m0/s1. The van der Waals surface area contributed by atoms with Crippen LogP contribution in [0.3, 0.4) is 0 Å². The second-order valence-corrected chi connectivity index (χ2v) is 3.64. The van der Waals surface area contributed by atoms with Crippen LogP contribution in [0.2, 0.25) is 5.02 Å². The predicted molar refractivity (Wildman–Crippen MR) is 56.2 cm³/mol. The molecule has 3 N–H and O–H groups in total. The summed E-state index contributed by atoms with van der Waals surface area (Å²) in [4.78, 5) is 0. The van der Waals surface area contributed by atoms with Crippen molar-refractivity contribution in [3.05, 3.63) is 34.6 Å². The van der Waals surface area contributed by atoms with E-state index in [2.05, 4.69) is 5.32 Å². The van der Waals surface area contributed by atoms with Crippen LogP contribution >= 0.6 is 11.6 Å². The molecule has 0 amide bonds. The molecule has 15 heavy (non-hydrogen) atoms. The quantitative estimate of drug-likeness (QED) is 0.709. The SMILES string of the molecule is OC[C@@H](O)CNCc1cc(Cl)ccc1F. The Morgan fingerprint density at radius 3 is 2.87 bits per heavy atom. The Morgan fingerprint density at radius 2 is 2.20 bits per heavy atom. The van der Waals surface area contributed by atoms with E-state index in [1.165, 1.54) is 18.2 Å². The van der Waals surface area contributed by atoms with Crippen molar-refractivity contribution < 1.29 is 14.6 Å². The Bertz CT molecular complexity index is 322. The maximum atomic E-state index is 13.2. The van der Waals surface area contributed by atoms with Crippen molar-refractivity contribution in [3.63, 3.8) is 0 Å². The van der Waals surface area contributed by atoms with Crippen LogP contribution in [-0.4, -0.2) is 29.5 Å². The molecule has 0 aliphatic carbocycles. The first-order valence-electron chi connectivity index (χ1n) is 4.57. The van der Waals surface area contributed by atoms with Gasteiger partial charge in [0.05, 0.1) is 12.7 Å². The van der Waals surface area contributed by atoms with E-state index in [0.717, 1.165) is 0 Å². The van der Waals surface area contributed by atoms with Crippen LogP contribution in [0.25, 0.3) is 0 Å². The van der Waals surface area contributed by atoms with Crippen molar-refractivity contribution in [1.82, 2.24) is 5.32 Å². The molecule has 1 aromatic carbocycles. The smallest absolute Gasteiger partial charge is 0.127 e. The number of aliphatic hydroxyl groups excluding tert-OH is 2. The molecule has 0 radical (unpaired) electrons. The van der Waals surface area contributed by atoms with Gasteiger partial charge in [0.25, 0.3) is 0 Å². The number of hydrogen-bond acceptors (Lipinski definition) is 3. The van der Waals surface area contributed by atoms with Crippen molar-refractivity contribution in [3.8, 4) is 0 Å². The highest BCUT2D eigenvalue weighted by atomic mass is 35.5. The van der Waals surface area contributed by atoms with Crippen molar-refractivity contribution in [2.45, 2.75) is 12.6 Å². The van der Waals surface area contributed by atoms with Crippen molar-refractivity contribution in [2.75, 3.05) is 13.2 Å². The van der Waals surface area contributed by atoms with Gasteiger partial charge < -0.3 is 15.5 Å². The molecule has 0 aliphatic rings. The number of hydrogen-bond donors (Lipinski definition) is 3. The molecule has 0 saturated carbocycles. The molecule has 0 unspecified atom stereocenters. The minimum absolute atomic E-state index is 0.211. The normalized spacial score (nSPS) is 12.8. The van der Waals surface area contributed by atoms with Gasteiger partial charge in [-0.1, -0.05) is 11.6 Å². The third kappa shape index (κ3) is 4.13. The van der Waals surface area contributed by atoms with Crippen molar-refractivity contribution in [1.29, 1.82) is 0 Å². The van der Waals surface area contributed by atoms with Crippen LogP contribution < -0.4 is 5.32 Å². The molecule has 5 heteroatoms. The van der Waals surface area contributed by atoms with Gasteiger partial charge in [-0.15, -0.1) is 0 Å². The molecule has 1 atom stereocenters. The summed E-state index contributed by atoms with van der Waals surface area (Å²) < 4.78 is 13.2. The van der Waals surface area contributed by atoms with E-state index < -0.39 is 6.10 Å². The highest BCUT2D eigenvalue weighted by Gasteiger charge is 2.04. The topological polar surface area (TPSA) is 52.5 Å². The van der Waals surface area contributed by atoms with Crippen LogP contribution in [-0.2, 0) is 6.54 Å². The zero-order valence-electron chi connectivity index (χ0n) is 8.08. The van der Waals surface area contributed by atoms with E-state index in [0.29, 0.717) is 10.6 Å². The van der Waals surface area contributed by atoms with Gasteiger partial charge in [-0.25, -0.2) is 4.39 Å². The molecule has 0 heterocycles. The average molecular weight is 234 g/mol. The lowest BCUT2D eigenvalue weighted by Crippen LogP contribution is -2.29. The summed E-state index contributed by atoms with van der Waals surface area (Å²) in [6.45, 7) is 0.164. The maximum Gasteiger partial charge on any atom is 0.127 e. The molecule has 0 fully saturated rings. The van der Waals surface area contributed by atoms with Gasteiger partial charge in [0.2, 0.25) is 0 Å². The zero-order chi connectivity index (χ0) is 11.3. The zero-order valence-corrected chi connectivity index (χ0v) is 8.84. The van der Waals surface area contributed by atoms with Gasteiger partial charge in [0.15, 0.2) is 0 Å². The first-order valence-corrected chi connectivity index (χ1v) is 4.95. The fourth-order valence-corrected chi connectivity index (χ4v) is 1.31. The van der Waals surface area contributed by atoms with Crippen molar-refractivity contribution >= 4 is 11.6 Å². The molecule has 84 valence electrons. The number of halogens is 2. The van der Waals surface area contributed by atoms with Gasteiger partial charge in [0, 0.05) is 23.7 Å². The lowest BCUT2D eigenvalue weighted by atomic mass is 10.2. The summed E-state index contributed by atoms with van der Waals surface area (Å²) in [5.74, 6) is -0.342. The fourth-order valence-electron chi connectivity index (χ4n) is 1.12. The highest BCUT2D eigenvalue weighted by molar-refractivity contribution is 6.30. The first kappa shape index (κ1) is 12.4. The van der Waals surface area contributed by atoms with Crippen LogP contribution in [0, 0.1) is 5.82 Å². The average Bonchev–Trinajstić information content (AvgIpc) is 2.23. The monoisotopic (exact) mass is 233 g/mol. The molecule has 0 bridgehead atoms. The Kier molecular flexibility index (Phi) is 4.98. The highest BCUT2D eigenvalue weighted by Crippen LogP contribution is 2.14. The van der Waals surface area contributed by atoms with E-state index in [4.69, 9.17) is 21.8 Å². The predicted octanol–water partition coefficient (Wildman–Crippen LogP) is 0.922. The third-order valence-electron chi connectivity index (χ3n) is 1.91. The molecule has 3 nitrogen and oxygen atoms in total. The van der Waals surface area contributed by atoms with E-state index in [-0.39, 0.29) is 25.5 Å². The number of rotatable bonds is 5. The number of benzene rings is 1. The summed E-state index contributed by atoms with van der Waals surface area (Å²) in [7, 11) is 0. The molecule has 1 rings (SSSR count). The minimum Gasteiger partial charge on any atom is -0.394 e. The Hall–Kier alpha value is -0.680. The number of aliphatic hydroxyl groups is 2. The summed E-state index contributed by atoms with van der Waals surface area (Å²) in [6.07, 6.45) is -0.827. The van der Waals surface area contributed by atoms with Gasteiger partial charge in [0.1, 0.15) is 5.82 Å². The fraction of sp³-hybridized carbons (Fsp3) is 0.400. The van der Waals surface area contributed by atoms with Gasteiger partial charge >= 0.3 is 0 Å². The van der Waals surface area contributed by atoms with E-state index in [1.54, 1.807) is 0 Å². The lowest BCUT2D eigenvalue weighted by molar-refractivity contribution is 0.0941. The molecular weight excluding hydrogens is 221 g/mol. The second kappa shape index (κ2) is 6.02. The Morgan fingerprint density at radius 1 is 1.47 bits per heavy atom. The van der Waals surface area contributed by atoms with Crippen LogP contribution in [0.4, 0.5) is 4.39 Å². The lowest BCUT2D eigenvalue weighted by Gasteiger charge is -2.09. The summed E-state index contributed by atoms with van der Waals surface area (Å²) >= 11 is 5.70. The third-order valence-corrected chi connectivity index (χ3v) is 2.15.